The predicted molar refractivity (Wildman–Crippen MR) is 57.7 cm³/mol. The molecule has 0 radical (unpaired) electrons. The Labute approximate surface area is 91.3 Å². The summed E-state index contributed by atoms with van der Waals surface area (Å²) in [7, 11) is 0. The van der Waals surface area contributed by atoms with E-state index in [1.807, 2.05) is 12.1 Å². The van der Waals surface area contributed by atoms with Crippen molar-refractivity contribution in [2.75, 3.05) is 13.3 Å². The van der Waals surface area contributed by atoms with Gasteiger partial charge in [-0.25, -0.2) is 0 Å². The second-order valence-electron chi connectivity index (χ2n) is 3.37. The first-order chi connectivity index (χ1) is 6.72. The molecule has 0 spiro atoms. The zero-order chi connectivity index (χ0) is 10.1. The molecule has 0 saturated heterocycles. The van der Waals surface area contributed by atoms with Crippen LogP contribution in [-0.2, 0) is 0 Å². The van der Waals surface area contributed by atoms with Gasteiger partial charge in [-0.2, -0.15) is 0 Å². The number of rotatable bonds is 2. The third-order valence-electron chi connectivity index (χ3n) is 2.35. The molecule has 14 heavy (non-hydrogen) atoms. The van der Waals surface area contributed by atoms with Gasteiger partial charge in [0.25, 0.3) is 0 Å². The average Bonchev–Trinajstić information content (AvgIpc) is 2.62. The molecule has 1 unspecified atom stereocenters. The minimum atomic E-state index is 0.281. The molecule has 1 aromatic carbocycles. The van der Waals surface area contributed by atoms with Gasteiger partial charge in [0, 0.05) is 10.0 Å². The van der Waals surface area contributed by atoms with Gasteiger partial charge in [-0.05, 0) is 24.6 Å². The predicted octanol–water partition coefficient (Wildman–Crippen LogP) is 2.24. The average molecular weight is 258 g/mol. The molecule has 0 aliphatic carbocycles. The molecular weight excluding hydrogens is 246 g/mol. The van der Waals surface area contributed by atoms with Gasteiger partial charge in [-0.15, -0.1) is 0 Å². The minimum absolute atomic E-state index is 0.281. The highest BCUT2D eigenvalue weighted by Crippen LogP contribution is 2.41. The number of fused-ring (bicyclic) bond motifs is 1. The van der Waals surface area contributed by atoms with Crippen LogP contribution < -0.4 is 15.2 Å². The molecule has 0 saturated carbocycles. The molecule has 3 nitrogen and oxygen atoms in total. The topological polar surface area (TPSA) is 44.5 Å². The molecule has 0 aromatic heterocycles. The fraction of sp³-hybridized carbons (Fsp3) is 0.400. The van der Waals surface area contributed by atoms with Gasteiger partial charge < -0.3 is 15.2 Å². The summed E-state index contributed by atoms with van der Waals surface area (Å²) in [6.45, 7) is 2.98. The van der Waals surface area contributed by atoms with Gasteiger partial charge in [0.05, 0.1) is 0 Å². The highest BCUT2D eigenvalue weighted by atomic mass is 79.9. The zero-order valence-electron chi connectivity index (χ0n) is 7.92. The summed E-state index contributed by atoms with van der Waals surface area (Å²) >= 11 is 3.44. The van der Waals surface area contributed by atoms with Crippen LogP contribution in [0.5, 0.6) is 11.5 Å². The highest BCUT2D eigenvalue weighted by Gasteiger charge is 2.21. The van der Waals surface area contributed by atoms with Crippen molar-refractivity contribution in [1.82, 2.24) is 0 Å². The largest absolute Gasteiger partial charge is 0.454 e. The third kappa shape index (κ3) is 1.60. The van der Waals surface area contributed by atoms with Gasteiger partial charge in [0.1, 0.15) is 0 Å². The van der Waals surface area contributed by atoms with Crippen LogP contribution in [0.3, 0.4) is 0 Å². The SMILES string of the molecule is CC(CN)c1cc(Br)cc2c1OCO2. The molecule has 0 fully saturated rings. The van der Waals surface area contributed by atoms with E-state index in [0.717, 1.165) is 21.5 Å². The summed E-state index contributed by atoms with van der Waals surface area (Å²) < 4.78 is 11.7. The van der Waals surface area contributed by atoms with Gasteiger partial charge in [0.2, 0.25) is 6.79 Å². The van der Waals surface area contributed by atoms with Gasteiger partial charge in [-0.1, -0.05) is 22.9 Å². The van der Waals surface area contributed by atoms with Gasteiger partial charge in [0.15, 0.2) is 11.5 Å². The van der Waals surface area contributed by atoms with Crippen LogP contribution in [-0.4, -0.2) is 13.3 Å². The first-order valence-electron chi connectivity index (χ1n) is 4.51. The van der Waals surface area contributed by atoms with Crippen molar-refractivity contribution in [2.45, 2.75) is 12.8 Å². The Kier molecular flexibility index (Phi) is 2.65. The minimum Gasteiger partial charge on any atom is -0.454 e. The lowest BCUT2D eigenvalue weighted by Gasteiger charge is -2.12. The Morgan fingerprint density at radius 2 is 2.29 bits per heavy atom. The van der Waals surface area contributed by atoms with Gasteiger partial charge in [-0.3, -0.25) is 0 Å². The molecule has 2 rings (SSSR count). The van der Waals surface area contributed by atoms with Crippen molar-refractivity contribution in [2.24, 2.45) is 5.73 Å². The number of ether oxygens (including phenoxy) is 2. The summed E-state index contributed by atoms with van der Waals surface area (Å²) in [6, 6.07) is 3.94. The number of benzene rings is 1. The van der Waals surface area contributed by atoms with Crippen molar-refractivity contribution in [3.8, 4) is 11.5 Å². The molecule has 1 atom stereocenters. The Morgan fingerprint density at radius 1 is 1.50 bits per heavy atom. The van der Waals surface area contributed by atoms with E-state index in [9.17, 15) is 0 Å². The molecule has 1 aliphatic heterocycles. The number of hydrogen-bond acceptors (Lipinski definition) is 3. The standard InChI is InChI=1S/C10H12BrNO2/c1-6(4-12)8-2-7(11)3-9-10(8)14-5-13-9/h2-3,6H,4-5,12H2,1H3. The summed E-state index contributed by atoms with van der Waals surface area (Å²) in [5, 5.41) is 0. The van der Waals surface area contributed by atoms with E-state index < -0.39 is 0 Å². The molecule has 4 heteroatoms. The first kappa shape index (κ1) is 9.80. The van der Waals surface area contributed by atoms with Crippen LogP contribution in [0.4, 0.5) is 0 Å². The Morgan fingerprint density at radius 3 is 3.00 bits per heavy atom. The second kappa shape index (κ2) is 3.79. The van der Waals surface area contributed by atoms with Crippen LogP contribution in [0.2, 0.25) is 0 Å². The summed E-state index contributed by atoms with van der Waals surface area (Å²) in [4.78, 5) is 0. The van der Waals surface area contributed by atoms with E-state index in [4.69, 9.17) is 15.2 Å². The third-order valence-corrected chi connectivity index (χ3v) is 2.81. The number of nitrogens with two attached hydrogens (primary N) is 1. The smallest absolute Gasteiger partial charge is 0.231 e. The first-order valence-corrected chi connectivity index (χ1v) is 5.30. The fourth-order valence-corrected chi connectivity index (χ4v) is 1.95. The van der Waals surface area contributed by atoms with Crippen LogP contribution >= 0.6 is 15.9 Å². The lowest BCUT2D eigenvalue weighted by Crippen LogP contribution is -2.09. The molecular formula is C10H12BrNO2. The second-order valence-corrected chi connectivity index (χ2v) is 4.28. The quantitative estimate of drug-likeness (QED) is 0.884. The van der Waals surface area contributed by atoms with E-state index in [0.29, 0.717) is 13.3 Å². The maximum atomic E-state index is 5.64. The lowest BCUT2D eigenvalue weighted by molar-refractivity contribution is 0.173. The van der Waals surface area contributed by atoms with Crippen molar-refractivity contribution in [1.29, 1.82) is 0 Å². The maximum absolute atomic E-state index is 5.64. The van der Waals surface area contributed by atoms with Crippen LogP contribution in [0.15, 0.2) is 16.6 Å². The van der Waals surface area contributed by atoms with E-state index >= 15 is 0 Å². The van der Waals surface area contributed by atoms with Crippen LogP contribution in [0, 0.1) is 0 Å². The summed E-state index contributed by atoms with van der Waals surface area (Å²) in [5.41, 5.74) is 6.74. The van der Waals surface area contributed by atoms with E-state index in [2.05, 4.69) is 22.9 Å². The molecule has 1 heterocycles. The Bertz CT molecular complexity index is 354. The molecule has 1 aromatic rings. The maximum Gasteiger partial charge on any atom is 0.231 e. The van der Waals surface area contributed by atoms with Gasteiger partial charge >= 0.3 is 0 Å². The summed E-state index contributed by atoms with van der Waals surface area (Å²) in [5.74, 6) is 1.92. The van der Waals surface area contributed by atoms with E-state index in [1.54, 1.807) is 0 Å². The lowest BCUT2D eigenvalue weighted by atomic mass is 10.00. The van der Waals surface area contributed by atoms with Crippen LogP contribution in [0.25, 0.3) is 0 Å². The normalized spacial score (nSPS) is 15.6. The zero-order valence-corrected chi connectivity index (χ0v) is 9.50. The molecule has 0 amide bonds. The number of hydrogen-bond donors (Lipinski definition) is 1. The highest BCUT2D eigenvalue weighted by molar-refractivity contribution is 9.10. The van der Waals surface area contributed by atoms with E-state index in [1.165, 1.54) is 0 Å². The molecule has 0 bridgehead atoms. The fourth-order valence-electron chi connectivity index (χ4n) is 1.50. The molecule has 76 valence electrons. The monoisotopic (exact) mass is 257 g/mol. The molecule has 2 N–H and O–H groups in total. The molecule has 1 aliphatic rings. The van der Waals surface area contributed by atoms with E-state index in [-0.39, 0.29) is 5.92 Å². The summed E-state index contributed by atoms with van der Waals surface area (Å²) in [6.07, 6.45) is 0. The van der Waals surface area contributed by atoms with Crippen molar-refractivity contribution < 1.29 is 9.47 Å². The van der Waals surface area contributed by atoms with Crippen LogP contribution in [0.1, 0.15) is 18.4 Å². The van der Waals surface area contributed by atoms with Crippen molar-refractivity contribution in [3.63, 3.8) is 0 Å². The Balaban J connectivity index is 2.48. The van der Waals surface area contributed by atoms with Crippen molar-refractivity contribution >= 4 is 15.9 Å². The van der Waals surface area contributed by atoms with Crippen molar-refractivity contribution in [3.05, 3.63) is 22.2 Å². The Hall–Kier alpha value is -0.740. The number of halogens is 1.